The Kier molecular flexibility index (Phi) is 6.18. The number of carbonyl (C=O) groups is 2. The molecule has 0 bridgehead atoms. The van der Waals surface area contributed by atoms with Crippen molar-refractivity contribution in [2.75, 3.05) is 39.3 Å². The molecule has 0 aliphatic carbocycles. The Morgan fingerprint density at radius 3 is 2.57 bits per heavy atom. The summed E-state index contributed by atoms with van der Waals surface area (Å²) in [5.41, 5.74) is 5.00. The van der Waals surface area contributed by atoms with Crippen LogP contribution in [0.25, 0.3) is 0 Å². The zero-order chi connectivity index (χ0) is 16.9. The van der Waals surface area contributed by atoms with Gasteiger partial charge in [0.15, 0.2) is 0 Å². The SMILES string of the molecule is C=CC[C@]1(CO)CCCN(C(=O)C2CCN(CC(N)=O)CC2)C1. The lowest BCUT2D eigenvalue weighted by atomic mass is 9.77. The van der Waals surface area contributed by atoms with Gasteiger partial charge in [-0.15, -0.1) is 6.58 Å². The maximum absolute atomic E-state index is 12.8. The van der Waals surface area contributed by atoms with Crippen LogP contribution in [0.5, 0.6) is 0 Å². The number of hydrogen-bond donors (Lipinski definition) is 2. The molecular formula is C17H29N3O3. The molecule has 2 saturated heterocycles. The Morgan fingerprint density at radius 1 is 1.30 bits per heavy atom. The van der Waals surface area contributed by atoms with Crippen molar-refractivity contribution in [1.29, 1.82) is 0 Å². The summed E-state index contributed by atoms with van der Waals surface area (Å²) in [5.74, 6) is -0.0920. The molecule has 6 nitrogen and oxygen atoms in total. The maximum Gasteiger partial charge on any atom is 0.231 e. The average molecular weight is 323 g/mol. The molecule has 2 fully saturated rings. The first-order chi connectivity index (χ1) is 11.0. The summed E-state index contributed by atoms with van der Waals surface area (Å²) in [6.07, 6.45) is 6.00. The van der Waals surface area contributed by atoms with Crippen LogP contribution in [0.1, 0.15) is 32.1 Å². The van der Waals surface area contributed by atoms with E-state index in [9.17, 15) is 14.7 Å². The van der Waals surface area contributed by atoms with Gasteiger partial charge in [-0.2, -0.15) is 0 Å². The lowest BCUT2D eigenvalue weighted by molar-refractivity contribution is -0.141. The Labute approximate surface area is 138 Å². The average Bonchev–Trinajstić information content (AvgIpc) is 2.55. The van der Waals surface area contributed by atoms with Crippen LogP contribution in [0.15, 0.2) is 12.7 Å². The third-order valence-corrected chi connectivity index (χ3v) is 5.20. The van der Waals surface area contributed by atoms with Crippen molar-refractivity contribution < 1.29 is 14.7 Å². The molecule has 0 spiro atoms. The Hall–Kier alpha value is -1.40. The zero-order valence-electron chi connectivity index (χ0n) is 13.9. The van der Waals surface area contributed by atoms with Gasteiger partial charge in [0.1, 0.15) is 0 Å². The van der Waals surface area contributed by atoms with Crippen molar-refractivity contribution in [1.82, 2.24) is 9.80 Å². The Bertz CT molecular complexity index is 446. The molecule has 2 aliphatic heterocycles. The number of aliphatic hydroxyl groups excluding tert-OH is 1. The monoisotopic (exact) mass is 323 g/mol. The minimum Gasteiger partial charge on any atom is -0.396 e. The van der Waals surface area contributed by atoms with E-state index in [0.29, 0.717) is 6.54 Å². The smallest absolute Gasteiger partial charge is 0.231 e. The number of primary amides is 1. The maximum atomic E-state index is 12.8. The number of rotatable bonds is 6. The number of allylic oxidation sites excluding steroid dienone is 1. The second kappa shape index (κ2) is 7.93. The largest absolute Gasteiger partial charge is 0.396 e. The van der Waals surface area contributed by atoms with E-state index in [2.05, 4.69) is 6.58 Å². The molecule has 130 valence electrons. The van der Waals surface area contributed by atoms with Crippen LogP contribution in [0.3, 0.4) is 0 Å². The molecule has 0 unspecified atom stereocenters. The molecule has 3 N–H and O–H groups in total. The number of nitrogens with two attached hydrogens (primary N) is 1. The molecule has 0 radical (unpaired) electrons. The lowest BCUT2D eigenvalue weighted by Gasteiger charge is -2.43. The first-order valence-electron chi connectivity index (χ1n) is 8.51. The molecule has 6 heteroatoms. The van der Waals surface area contributed by atoms with Gasteiger partial charge < -0.3 is 15.7 Å². The number of nitrogens with zero attached hydrogens (tertiary/aromatic N) is 2. The number of carbonyl (C=O) groups excluding carboxylic acids is 2. The first kappa shape index (κ1) is 17.9. The van der Waals surface area contributed by atoms with Crippen molar-refractivity contribution in [2.24, 2.45) is 17.1 Å². The number of hydrogen-bond acceptors (Lipinski definition) is 4. The number of likely N-dealkylation sites (tertiary alicyclic amines) is 2. The Morgan fingerprint density at radius 2 is 2.00 bits per heavy atom. The molecule has 0 aromatic carbocycles. The third kappa shape index (κ3) is 4.54. The molecule has 1 atom stereocenters. The molecular weight excluding hydrogens is 294 g/mol. The van der Waals surface area contributed by atoms with Crippen LogP contribution in [0, 0.1) is 11.3 Å². The van der Waals surface area contributed by atoms with Crippen LogP contribution in [-0.4, -0.2) is 66.1 Å². The van der Waals surface area contributed by atoms with Gasteiger partial charge in [-0.05, 0) is 45.2 Å². The summed E-state index contributed by atoms with van der Waals surface area (Å²) < 4.78 is 0. The number of piperidine rings is 2. The number of aliphatic hydroxyl groups is 1. The Balaban J connectivity index is 1.90. The quantitative estimate of drug-likeness (QED) is 0.691. The van der Waals surface area contributed by atoms with Crippen molar-refractivity contribution >= 4 is 11.8 Å². The summed E-state index contributed by atoms with van der Waals surface area (Å²) in [4.78, 5) is 27.7. The van der Waals surface area contributed by atoms with Gasteiger partial charge in [-0.25, -0.2) is 0 Å². The van der Waals surface area contributed by atoms with E-state index >= 15 is 0 Å². The van der Waals surface area contributed by atoms with Crippen molar-refractivity contribution in [3.63, 3.8) is 0 Å². The highest BCUT2D eigenvalue weighted by Crippen LogP contribution is 2.34. The lowest BCUT2D eigenvalue weighted by Crippen LogP contribution is -2.51. The van der Waals surface area contributed by atoms with Gasteiger partial charge in [0.05, 0.1) is 13.2 Å². The summed E-state index contributed by atoms with van der Waals surface area (Å²) in [7, 11) is 0. The van der Waals surface area contributed by atoms with E-state index in [1.165, 1.54) is 0 Å². The van der Waals surface area contributed by atoms with Gasteiger partial charge in [-0.3, -0.25) is 14.5 Å². The van der Waals surface area contributed by atoms with Crippen molar-refractivity contribution in [2.45, 2.75) is 32.1 Å². The molecule has 2 heterocycles. The van der Waals surface area contributed by atoms with Crippen LogP contribution < -0.4 is 5.73 Å². The van der Waals surface area contributed by atoms with Crippen molar-refractivity contribution in [3.05, 3.63) is 12.7 Å². The highest BCUT2D eigenvalue weighted by molar-refractivity contribution is 5.79. The molecule has 0 saturated carbocycles. The van der Waals surface area contributed by atoms with Crippen LogP contribution in [0.2, 0.25) is 0 Å². The van der Waals surface area contributed by atoms with E-state index in [0.717, 1.165) is 51.7 Å². The zero-order valence-corrected chi connectivity index (χ0v) is 13.9. The second-order valence-electron chi connectivity index (χ2n) is 7.03. The number of amides is 2. The summed E-state index contributed by atoms with van der Waals surface area (Å²) >= 11 is 0. The molecule has 23 heavy (non-hydrogen) atoms. The van der Waals surface area contributed by atoms with Crippen LogP contribution in [0.4, 0.5) is 0 Å². The fourth-order valence-electron chi connectivity index (χ4n) is 3.88. The predicted molar refractivity (Wildman–Crippen MR) is 88.5 cm³/mol. The van der Waals surface area contributed by atoms with Crippen molar-refractivity contribution in [3.8, 4) is 0 Å². The molecule has 0 aromatic heterocycles. The van der Waals surface area contributed by atoms with E-state index in [1.807, 2.05) is 15.9 Å². The van der Waals surface area contributed by atoms with E-state index in [-0.39, 0.29) is 36.3 Å². The topological polar surface area (TPSA) is 86.9 Å². The summed E-state index contributed by atoms with van der Waals surface area (Å²) in [5, 5.41) is 9.76. The minimum atomic E-state index is -0.317. The predicted octanol–water partition coefficient (Wildman–Crippen LogP) is 0.361. The van der Waals surface area contributed by atoms with Gasteiger partial charge in [-0.1, -0.05) is 6.08 Å². The van der Waals surface area contributed by atoms with E-state index < -0.39 is 0 Å². The van der Waals surface area contributed by atoms with Gasteiger partial charge in [0, 0.05) is 24.4 Å². The standard InChI is InChI=1S/C17H29N3O3/c1-2-6-17(13-21)7-3-8-20(12-17)16(23)14-4-9-19(10-5-14)11-15(18)22/h2,14,21H,1,3-13H2,(H2,18,22)/t17-/m0/s1. The minimum absolute atomic E-state index is 0.0253. The van der Waals surface area contributed by atoms with Gasteiger partial charge in [0.25, 0.3) is 0 Å². The van der Waals surface area contributed by atoms with Crippen LogP contribution >= 0.6 is 0 Å². The second-order valence-corrected chi connectivity index (χ2v) is 7.03. The first-order valence-corrected chi connectivity index (χ1v) is 8.51. The highest BCUT2D eigenvalue weighted by Gasteiger charge is 2.38. The fourth-order valence-corrected chi connectivity index (χ4v) is 3.88. The van der Waals surface area contributed by atoms with E-state index in [1.54, 1.807) is 0 Å². The molecule has 2 aliphatic rings. The summed E-state index contributed by atoms with van der Waals surface area (Å²) in [6.45, 7) is 7.03. The van der Waals surface area contributed by atoms with E-state index in [4.69, 9.17) is 5.73 Å². The third-order valence-electron chi connectivity index (χ3n) is 5.20. The fraction of sp³-hybridized carbons (Fsp3) is 0.765. The highest BCUT2D eigenvalue weighted by atomic mass is 16.3. The molecule has 2 amide bonds. The summed E-state index contributed by atoms with van der Waals surface area (Å²) in [6, 6.07) is 0. The van der Waals surface area contributed by atoms with Gasteiger partial charge in [0.2, 0.25) is 11.8 Å². The van der Waals surface area contributed by atoms with Gasteiger partial charge >= 0.3 is 0 Å². The molecule has 2 rings (SSSR count). The normalized spacial score (nSPS) is 26.9. The molecule has 0 aromatic rings. The van der Waals surface area contributed by atoms with Crippen LogP contribution in [-0.2, 0) is 9.59 Å².